The molecule has 1 aromatic heterocycles. The highest BCUT2D eigenvalue weighted by Crippen LogP contribution is 2.45. The molecule has 1 heterocycles. The standard InChI is InChI=1S/C23H25ClN2O6S/c1-4-31-21(29)17-13(2)18(19(28)25-3)33-20(17)26-16(27)12-32-22(30)23(9-6-10-23)14-7-5-8-15(24)11-14/h5,7-8,11H,4,6,9-10,12H2,1-3H3,(H,25,28)(H,26,27). The number of anilines is 1. The highest BCUT2D eigenvalue weighted by atomic mass is 35.5. The van der Waals surface area contributed by atoms with Crippen LogP contribution in [0.5, 0.6) is 0 Å². The number of hydrogen-bond donors (Lipinski definition) is 2. The monoisotopic (exact) mass is 492 g/mol. The Bertz CT molecular complexity index is 1090. The van der Waals surface area contributed by atoms with E-state index < -0.39 is 29.9 Å². The zero-order valence-corrected chi connectivity index (χ0v) is 20.2. The Morgan fingerprint density at radius 2 is 1.91 bits per heavy atom. The van der Waals surface area contributed by atoms with E-state index >= 15 is 0 Å². The van der Waals surface area contributed by atoms with Crippen LogP contribution in [0.25, 0.3) is 0 Å². The molecular formula is C23H25ClN2O6S. The smallest absolute Gasteiger partial charge is 0.341 e. The van der Waals surface area contributed by atoms with Crippen molar-refractivity contribution >= 4 is 51.7 Å². The van der Waals surface area contributed by atoms with Crippen LogP contribution in [0.4, 0.5) is 5.00 Å². The number of thiophene rings is 1. The van der Waals surface area contributed by atoms with Gasteiger partial charge in [-0.3, -0.25) is 14.4 Å². The van der Waals surface area contributed by atoms with E-state index in [4.69, 9.17) is 21.1 Å². The number of rotatable bonds is 8. The number of ether oxygens (including phenoxy) is 2. The SMILES string of the molecule is CCOC(=O)c1c(NC(=O)COC(=O)C2(c3cccc(Cl)c3)CCC2)sc(C(=O)NC)c1C. The third-order valence-electron chi connectivity index (χ3n) is 5.62. The summed E-state index contributed by atoms with van der Waals surface area (Å²) in [6, 6.07) is 7.07. The summed E-state index contributed by atoms with van der Waals surface area (Å²) in [4.78, 5) is 50.3. The van der Waals surface area contributed by atoms with Crippen molar-refractivity contribution in [2.24, 2.45) is 0 Å². The van der Waals surface area contributed by atoms with Gasteiger partial charge in [0, 0.05) is 12.1 Å². The molecule has 0 atom stereocenters. The zero-order chi connectivity index (χ0) is 24.2. The lowest BCUT2D eigenvalue weighted by Gasteiger charge is -2.39. The number of carbonyl (C=O) groups excluding carboxylic acids is 4. The Balaban J connectivity index is 1.73. The maximum atomic E-state index is 12.9. The summed E-state index contributed by atoms with van der Waals surface area (Å²) < 4.78 is 10.4. The molecule has 1 saturated carbocycles. The first-order valence-corrected chi connectivity index (χ1v) is 11.7. The second kappa shape index (κ2) is 10.4. The average molecular weight is 493 g/mol. The van der Waals surface area contributed by atoms with Gasteiger partial charge >= 0.3 is 11.9 Å². The molecule has 3 rings (SSSR count). The second-order valence-electron chi connectivity index (χ2n) is 7.63. The number of esters is 2. The van der Waals surface area contributed by atoms with Gasteiger partial charge in [0.15, 0.2) is 6.61 Å². The molecule has 1 aromatic carbocycles. The van der Waals surface area contributed by atoms with Gasteiger partial charge in [-0.1, -0.05) is 30.2 Å². The number of hydrogen-bond acceptors (Lipinski definition) is 7. The summed E-state index contributed by atoms with van der Waals surface area (Å²) in [5, 5.41) is 5.78. The molecular weight excluding hydrogens is 468 g/mol. The van der Waals surface area contributed by atoms with E-state index in [1.165, 1.54) is 7.05 Å². The fourth-order valence-corrected chi connectivity index (χ4v) is 5.09. The summed E-state index contributed by atoms with van der Waals surface area (Å²) in [6.45, 7) is 2.87. The number of benzene rings is 1. The minimum atomic E-state index is -0.812. The Labute approximate surface area is 200 Å². The lowest BCUT2D eigenvalue weighted by Crippen LogP contribution is -2.44. The van der Waals surface area contributed by atoms with Crippen molar-refractivity contribution in [3.8, 4) is 0 Å². The van der Waals surface area contributed by atoms with Crippen LogP contribution in [0.1, 0.15) is 57.3 Å². The van der Waals surface area contributed by atoms with Gasteiger partial charge in [-0.2, -0.15) is 0 Å². The summed E-state index contributed by atoms with van der Waals surface area (Å²) >= 11 is 7.04. The minimum Gasteiger partial charge on any atom is -0.462 e. The highest BCUT2D eigenvalue weighted by Gasteiger charge is 2.47. The Kier molecular flexibility index (Phi) is 7.76. The molecule has 0 bridgehead atoms. The lowest BCUT2D eigenvalue weighted by atomic mass is 9.64. The molecule has 2 N–H and O–H groups in total. The summed E-state index contributed by atoms with van der Waals surface area (Å²) in [6.07, 6.45) is 2.09. The maximum Gasteiger partial charge on any atom is 0.341 e. The largest absolute Gasteiger partial charge is 0.462 e. The molecule has 33 heavy (non-hydrogen) atoms. The molecule has 2 amide bonds. The van der Waals surface area contributed by atoms with Crippen LogP contribution in [-0.4, -0.2) is 44.0 Å². The van der Waals surface area contributed by atoms with Crippen molar-refractivity contribution < 1.29 is 28.7 Å². The van der Waals surface area contributed by atoms with Crippen molar-refractivity contribution in [1.29, 1.82) is 0 Å². The summed E-state index contributed by atoms with van der Waals surface area (Å²) in [7, 11) is 1.47. The van der Waals surface area contributed by atoms with Crippen LogP contribution in [-0.2, 0) is 24.5 Å². The Morgan fingerprint density at radius 3 is 2.48 bits per heavy atom. The van der Waals surface area contributed by atoms with Gasteiger partial charge in [-0.25, -0.2) is 4.79 Å². The number of carbonyl (C=O) groups is 4. The van der Waals surface area contributed by atoms with Gasteiger partial charge in [0.25, 0.3) is 11.8 Å². The molecule has 2 aromatic rings. The molecule has 0 unspecified atom stereocenters. The molecule has 1 fully saturated rings. The first-order chi connectivity index (χ1) is 15.7. The number of nitrogens with one attached hydrogen (secondary N) is 2. The van der Waals surface area contributed by atoms with E-state index in [1.54, 1.807) is 32.0 Å². The molecule has 0 spiro atoms. The highest BCUT2D eigenvalue weighted by molar-refractivity contribution is 7.18. The van der Waals surface area contributed by atoms with Crippen LogP contribution in [0.2, 0.25) is 5.02 Å². The van der Waals surface area contributed by atoms with Gasteiger partial charge in [-0.05, 0) is 49.9 Å². The number of amides is 2. The van der Waals surface area contributed by atoms with Crippen LogP contribution in [0, 0.1) is 6.92 Å². The van der Waals surface area contributed by atoms with E-state index in [9.17, 15) is 19.2 Å². The Hall–Kier alpha value is -2.91. The van der Waals surface area contributed by atoms with E-state index in [1.807, 2.05) is 6.07 Å². The van der Waals surface area contributed by atoms with E-state index in [0.29, 0.717) is 23.4 Å². The predicted molar refractivity (Wildman–Crippen MR) is 125 cm³/mol. The van der Waals surface area contributed by atoms with E-state index in [0.717, 1.165) is 23.3 Å². The first-order valence-electron chi connectivity index (χ1n) is 10.5. The minimum absolute atomic E-state index is 0.106. The third-order valence-corrected chi connectivity index (χ3v) is 7.06. The summed E-state index contributed by atoms with van der Waals surface area (Å²) in [5.74, 6) is -2.16. The van der Waals surface area contributed by atoms with Gasteiger partial charge in [0.05, 0.1) is 22.5 Å². The average Bonchev–Trinajstić information content (AvgIpc) is 3.07. The first kappa shape index (κ1) is 24.7. The van der Waals surface area contributed by atoms with E-state index in [2.05, 4.69) is 10.6 Å². The topological polar surface area (TPSA) is 111 Å². The zero-order valence-electron chi connectivity index (χ0n) is 18.6. The maximum absolute atomic E-state index is 12.9. The van der Waals surface area contributed by atoms with Gasteiger partial charge in [0.2, 0.25) is 0 Å². The normalized spacial score (nSPS) is 14.1. The fraction of sp³-hybridized carbons (Fsp3) is 0.391. The second-order valence-corrected chi connectivity index (χ2v) is 9.09. The van der Waals surface area contributed by atoms with Crippen molar-refractivity contribution in [3.05, 3.63) is 50.9 Å². The van der Waals surface area contributed by atoms with Crippen LogP contribution in [0.3, 0.4) is 0 Å². The fourth-order valence-electron chi connectivity index (χ4n) is 3.74. The summed E-state index contributed by atoms with van der Waals surface area (Å²) in [5.41, 5.74) is 0.460. The molecule has 8 nitrogen and oxygen atoms in total. The Morgan fingerprint density at radius 1 is 1.18 bits per heavy atom. The lowest BCUT2D eigenvalue weighted by molar-refractivity contribution is -0.156. The van der Waals surface area contributed by atoms with Crippen molar-refractivity contribution in [2.45, 2.75) is 38.5 Å². The van der Waals surface area contributed by atoms with Gasteiger partial charge < -0.3 is 20.1 Å². The third kappa shape index (κ3) is 5.04. The molecule has 176 valence electrons. The van der Waals surface area contributed by atoms with Gasteiger partial charge in [-0.15, -0.1) is 11.3 Å². The van der Waals surface area contributed by atoms with Crippen LogP contribution in [0.15, 0.2) is 24.3 Å². The molecule has 0 radical (unpaired) electrons. The van der Waals surface area contributed by atoms with Crippen LogP contribution < -0.4 is 10.6 Å². The quantitative estimate of drug-likeness (QED) is 0.541. The molecule has 10 heteroatoms. The molecule has 1 aliphatic carbocycles. The molecule has 0 saturated heterocycles. The van der Waals surface area contributed by atoms with E-state index in [-0.39, 0.29) is 28.0 Å². The molecule has 1 aliphatic rings. The van der Waals surface area contributed by atoms with Crippen molar-refractivity contribution in [3.63, 3.8) is 0 Å². The predicted octanol–water partition coefficient (Wildman–Crippen LogP) is 3.85. The van der Waals surface area contributed by atoms with Gasteiger partial charge in [0.1, 0.15) is 5.00 Å². The van der Waals surface area contributed by atoms with Crippen molar-refractivity contribution in [1.82, 2.24) is 5.32 Å². The number of halogens is 1. The van der Waals surface area contributed by atoms with Crippen LogP contribution >= 0.6 is 22.9 Å². The van der Waals surface area contributed by atoms with Crippen molar-refractivity contribution in [2.75, 3.05) is 25.6 Å². The molecule has 0 aliphatic heterocycles.